The van der Waals surface area contributed by atoms with Crippen molar-refractivity contribution in [1.82, 2.24) is 0 Å². The van der Waals surface area contributed by atoms with Crippen LogP contribution in [-0.4, -0.2) is 38.5 Å². The van der Waals surface area contributed by atoms with Crippen molar-refractivity contribution in [2.75, 3.05) is 20.8 Å². The van der Waals surface area contributed by atoms with Crippen molar-refractivity contribution in [3.8, 4) is 11.8 Å². The molecule has 0 N–H and O–H groups in total. The van der Waals surface area contributed by atoms with E-state index in [-0.39, 0.29) is 17.1 Å². The summed E-state index contributed by atoms with van der Waals surface area (Å²) in [6.45, 7) is -0.503. The molecule has 0 bridgehead atoms. The summed E-state index contributed by atoms with van der Waals surface area (Å²) in [5, 5.41) is 8.78. The van der Waals surface area contributed by atoms with Gasteiger partial charge < -0.3 is 18.9 Å². The molecule has 2 aromatic carbocycles. The van der Waals surface area contributed by atoms with Crippen molar-refractivity contribution in [2.24, 2.45) is 0 Å². The SMILES string of the molecule is CO/C=C(/Oc1ccccc1C(=O)OCC(=O)c1ccc(C#N)cc1)C(=O)OC. The van der Waals surface area contributed by atoms with Gasteiger partial charge in [0.15, 0.2) is 12.4 Å². The van der Waals surface area contributed by atoms with Crippen LogP contribution in [0.5, 0.6) is 5.75 Å². The first kappa shape index (κ1) is 21.2. The highest BCUT2D eigenvalue weighted by Crippen LogP contribution is 2.22. The Morgan fingerprint density at radius 2 is 1.72 bits per heavy atom. The van der Waals surface area contributed by atoms with Gasteiger partial charge in [-0.2, -0.15) is 5.26 Å². The summed E-state index contributed by atoms with van der Waals surface area (Å²) in [5.74, 6) is -2.30. The van der Waals surface area contributed by atoms with E-state index < -0.39 is 24.3 Å². The van der Waals surface area contributed by atoms with Crippen molar-refractivity contribution in [2.45, 2.75) is 0 Å². The van der Waals surface area contributed by atoms with Crippen LogP contribution >= 0.6 is 0 Å². The van der Waals surface area contributed by atoms with Crippen molar-refractivity contribution in [1.29, 1.82) is 5.26 Å². The van der Waals surface area contributed by atoms with Crippen LogP contribution in [0.1, 0.15) is 26.3 Å². The number of Topliss-reactive ketones (excluding diaryl/α,β-unsaturated/α-hetero) is 1. The van der Waals surface area contributed by atoms with Gasteiger partial charge in [-0.05, 0) is 36.4 Å². The Bertz CT molecular complexity index is 971. The minimum Gasteiger partial charge on any atom is -0.500 e. The van der Waals surface area contributed by atoms with Gasteiger partial charge in [0.1, 0.15) is 17.6 Å². The van der Waals surface area contributed by atoms with Gasteiger partial charge in [-0.15, -0.1) is 0 Å². The quantitative estimate of drug-likeness (QED) is 0.290. The smallest absolute Gasteiger partial charge is 0.377 e. The summed E-state index contributed by atoms with van der Waals surface area (Å²) in [6.07, 6.45) is 1.03. The molecule has 8 heteroatoms. The van der Waals surface area contributed by atoms with E-state index in [0.29, 0.717) is 11.1 Å². The number of hydrogen-bond donors (Lipinski definition) is 0. The molecule has 148 valence electrons. The van der Waals surface area contributed by atoms with Crippen LogP contribution in [0.25, 0.3) is 0 Å². The number of hydrogen-bond acceptors (Lipinski definition) is 8. The van der Waals surface area contributed by atoms with Crippen LogP contribution in [-0.2, 0) is 19.0 Å². The van der Waals surface area contributed by atoms with E-state index in [1.165, 1.54) is 50.6 Å². The zero-order valence-electron chi connectivity index (χ0n) is 15.7. The lowest BCUT2D eigenvalue weighted by molar-refractivity contribution is -0.138. The van der Waals surface area contributed by atoms with E-state index in [1.54, 1.807) is 12.1 Å². The summed E-state index contributed by atoms with van der Waals surface area (Å²) in [6, 6.07) is 13.9. The maximum atomic E-state index is 12.4. The number of nitrogens with zero attached hydrogens (tertiary/aromatic N) is 1. The number of nitriles is 1. The Labute approximate surface area is 166 Å². The topological polar surface area (TPSA) is 112 Å². The van der Waals surface area contributed by atoms with Gasteiger partial charge in [0.05, 0.1) is 25.9 Å². The van der Waals surface area contributed by atoms with Gasteiger partial charge in [-0.25, -0.2) is 9.59 Å². The average molecular weight is 395 g/mol. The lowest BCUT2D eigenvalue weighted by atomic mass is 10.1. The Hall–Kier alpha value is -4.12. The fourth-order valence-corrected chi connectivity index (χ4v) is 2.19. The second-order valence-corrected chi connectivity index (χ2v) is 5.50. The molecule has 0 aliphatic carbocycles. The second-order valence-electron chi connectivity index (χ2n) is 5.50. The summed E-state index contributed by atoms with van der Waals surface area (Å²) in [4.78, 5) is 36.3. The van der Waals surface area contributed by atoms with Gasteiger partial charge in [0, 0.05) is 5.56 Å². The molecule has 0 atom stereocenters. The molecule has 0 saturated heterocycles. The summed E-state index contributed by atoms with van der Waals surface area (Å²) in [5.41, 5.74) is 0.721. The molecule has 0 aliphatic rings. The van der Waals surface area contributed by atoms with Crippen molar-refractivity contribution in [3.05, 3.63) is 77.2 Å². The van der Waals surface area contributed by atoms with Gasteiger partial charge in [0.25, 0.3) is 0 Å². The minimum absolute atomic E-state index is 0.00559. The summed E-state index contributed by atoms with van der Waals surface area (Å²) >= 11 is 0. The molecule has 0 radical (unpaired) electrons. The number of rotatable bonds is 8. The molecule has 2 rings (SSSR count). The molecule has 0 aliphatic heterocycles. The second kappa shape index (κ2) is 10.3. The molecule has 8 nitrogen and oxygen atoms in total. The maximum Gasteiger partial charge on any atom is 0.377 e. The highest BCUT2D eigenvalue weighted by molar-refractivity contribution is 6.00. The van der Waals surface area contributed by atoms with Crippen molar-refractivity contribution in [3.63, 3.8) is 0 Å². The minimum atomic E-state index is -0.816. The Balaban J connectivity index is 2.11. The Morgan fingerprint density at radius 1 is 1.03 bits per heavy atom. The Morgan fingerprint density at radius 3 is 2.34 bits per heavy atom. The molecule has 0 spiro atoms. The predicted octanol–water partition coefficient (Wildman–Crippen LogP) is 2.64. The molecule has 0 unspecified atom stereocenters. The Kier molecular flexibility index (Phi) is 7.51. The van der Waals surface area contributed by atoms with Crippen LogP contribution < -0.4 is 4.74 Å². The van der Waals surface area contributed by atoms with Gasteiger partial charge in [-0.1, -0.05) is 12.1 Å². The van der Waals surface area contributed by atoms with E-state index in [4.69, 9.17) is 19.5 Å². The first-order valence-corrected chi connectivity index (χ1v) is 8.28. The third kappa shape index (κ3) is 5.68. The average Bonchev–Trinajstić information content (AvgIpc) is 2.76. The number of esters is 2. The first-order valence-electron chi connectivity index (χ1n) is 8.28. The highest BCUT2D eigenvalue weighted by Gasteiger charge is 2.20. The standard InChI is InChI=1S/C21H17NO7/c1-26-13-19(21(25)27-2)29-18-6-4-3-5-16(18)20(24)28-12-17(23)15-9-7-14(11-22)8-10-15/h3-10,13H,12H2,1-2H3/b19-13+. The monoisotopic (exact) mass is 395 g/mol. The number of para-hydroxylation sites is 1. The molecule has 0 fully saturated rings. The zero-order chi connectivity index (χ0) is 21.2. The lowest BCUT2D eigenvalue weighted by Gasteiger charge is -2.12. The van der Waals surface area contributed by atoms with E-state index in [1.807, 2.05) is 6.07 Å². The first-order chi connectivity index (χ1) is 14.0. The molecule has 0 heterocycles. The van der Waals surface area contributed by atoms with Crippen LogP contribution in [0.15, 0.2) is 60.6 Å². The normalized spacial score (nSPS) is 10.4. The van der Waals surface area contributed by atoms with Crippen molar-refractivity contribution >= 4 is 17.7 Å². The number of carbonyl (C=O) groups excluding carboxylic acids is 3. The molecule has 2 aromatic rings. The molecule has 0 saturated carbocycles. The molecular formula is C21H17NO7. The van der Waals surface area contributed by atoms with Gasteiger partial charge in [0.2, 0.25) is 5.76 Å². The molecule has 0 aromatic heterocycles. The molecule has 0 amide bonds. The van der Waals surface area contributed by atoms with E-state index >= 15 is 0 Å². The third-order valence-electron chi connectivity index (χ3n) is 3.61. The maximum absolute atomic E-state index is 12.4. The predicted molar refractivity (Wildman–Crippen MR) is 99.9 cm³/mol. The number of ether oxygens (including phenoxy) is 4. The third-order valence-corrected chi connectivity index (χ3v) is 3.61. The number of ketones is 1. The fraction of sp³-hybridized carbons (Fsp3) is 0.143. The van der Waals surface area contributed by atoms with Gasteiger partial charge in [-0.3, -0.25) is 4.79 Å². The van der Waals surface area contributed by atoms with Gasteiger partial charge >= 0.3 is 11.9 Å². The fourth-order valence-electron chi connectivity index (χ4n) is 2.19. The van der Waals surface area contributed by atoms with Crippen molar-refractivity contribution < 1.29 is 33.3 Å². The number of benzene rings is 2. The largest absolute Gasteiger partial charge is 0.500 e. The van der Waals surface area contributed by atoms with E-state index in [0.717, 1.165) is 6.26 Å². The molecular weight excluding hydrogens is 378 g/mol. The van der Waals surface area contributed by atoms with Crippen LogP contribution in [0.4, 0.5) is 0 Å². The van der Waals surface area contributed by atoms with Crippen LogP contribution in [0.2, 0.25) is 0 Å². The summed E-state index contributed by atoms with van der Waals surface area (Å²) in [7, 11) is 2.49. The van der Waals surface area contributed by atoms with Crippen LogP contribution in [0.3, 0.4) is 0 Å². The van der Waals surface area contributed by atoms with E-state index in [9.17, 15) is 14.4 Å². The number of methoxy groups -OCH3 is 2. The zero-order valence-corrected chi connectivity index (χ0v) is 15.7. The van der Waals surface area contributed by atoms with E-state index in [2.05, 4.69) is 4.74 Å². The van der Waals surface area contributed by atoms with Crippen LogP contribution in [0, 0.1) is 11.3 Å². The molecule has 29 heavy (non-hydrogen) atoms. The highest BCUT2D eigenvalue weighted by atomic mass is 16.6. The number of carbonyl (C=O) groups is 3. The summed E-state index contributed by atoms with van der Waals surface area (Å²) < 4.78 is 19.9. The lowest BCUT2D eigenvalue weighted by Crippen LogP contribution is -2.16.